The van der Waals surface area contributed by atoms with Crippen molar-refractivity contribution >= 4 is 17.6 Å². The Kier molecular flexibility index (Phi) is 8.94. The summed E-state index contributed by atoms with van der Waals surface area (Å²) in [6.07, 6.45) is 1.09. The molecule has 0 aromatic heterocycles. The number of nitrogens with zero attached hydrogens (tertiary/aromatic N) is 1. The number of nitrogens with one attached hydrogen (secondary N) is 1. The van der Waals surface area contributed by atoms with Gasteiger partial charge in [-0.2, -0.15) is 0 Å². The second kappa shape index (κ2) is 12.8. The Morgan fingerprint density at radius 1 is 1.00 bits per heavy atom. The molecule has 10 heteroatoms. The van der Waals surface area contributed by atoms with Gasteiger partial charge in [0.05, 0.1) is 19.1 Å². The highest BCUT2D eigenvalue weighted by Crippen LogP contribution is 2.47. The van der Waals surface area contributed by atoms with Gasteiger partial charge >= 0.3 is 5.97 Å². The van der Waals surface area contributed by atoms with E-state index in [4.69, 9.17) is 19.3 Å². The monoisotopic (exact) mass is 578 g/mol. The fourth-order valence-corrected chi connectivity index (χ4v) is 6.00. The van der Waals surface area contributed by atoms with Crippen LogP contribution in [0.15, 0.2) is 54.6 Å². The number of fused-ring (bicyclic) bond motifs is 1. The first-order valence-electron chi connectivity index (χ1n) is 14.1. The van der Waals surface area contributed by atoms with Crippen LogP contribution in [0.1, 0.15) is 48.1 Å². The van der Waals surface area contributed by atoms with Crippen molar-refractivity contribution in [2.75, 3.05) is 38.4 Å². The van der Waals surface area contributed by atoms with Crippen molar-refractivity contribution in [3.63, 3.8) is 0 Å². The summed E-state index contributed by atoms with van der Waals surface area (Å²) in [5.41, 5.74) is 3.52. The lowest BCUT2D eigenvalue weighted by molar-refractivity contribution is -0.143. The molecule has 1 fully saturated rings. The average Bonchev–Trinajstić information content (AvgIpc) is 3.61. The van der Waals surface area contributed by atoms with Crippen LogP contribution in [0, 0.1) is 11.7 Å². The molecule has 3 atom stereocenters. The molecule has 0 saturated carbocycles. The van der Waals surface area contributed by atoms with E-state index >= 15 is 0 Å². The number of hydrogen-bond acceptors (Lipinski definition) is 7. The number of benzene rings is 3. The molecular formula is C32H35FN2O7. The van der Waals surface area contributed by atoms with Crippen LogP contribution in [0.5, 0.6) is 17.2 Å². The van der Waals surface area contributed by atoms with E-state index in [1.807, 2.05) is 30.9 Å². The molecule has 0 aliphatic carbocycles. The van der Waals surface area contributed by atoms with Crippen LogP contribution in [0.3, 0.4) is 0 Å². The molecule has 0 bridgehead atoms. The van der Waals surface area contributed by atoms with Crippen LogP contribution >= 0.6 is 0 Å². The number of aliphatic hydroxyl groups excluding tert-OH is 1. The summed E-state index contributed by atoms with van der Waals surface area (Å²) in [4.78, 5) is 28.3. The van der Waals surface area contributed by atoms with Gasteiger partial charge in [-0.25, -0.2) is 4.39 Å². The number of anilines is 1. The van der Waals surface area contributed by atoms with E-state index in [1.165, 1.54) is 12.1 Å². The Morgan fingerprint density at radius 2 is 1.67 bits per heavy atom. The van der Waals surface area contributed by atoms with Crippen LogP contribution in [0.2, 0.25) is 0 Å². The first kappa shape index (κ1) is 29.3. The molecule has 1 amide bonds. The van der Waals surface area contributed by atoms with E-state index in [0.29, 0.717) is 53.4 Å². The summed E-state index contributed by atoms with van der Waals surface area (Å²) in [5, 5.41) is 22.6. The van der Waals surface area contributed by atoms with Gasteiger partial charge in [0.2, 0.25) is 12.7 Å². The predicted molar refractivity (Wildman–Crippen MR) is 154 cm³/mol. The second-order valence-electron chi connectivity index (χ2n) is 10.5. The van der Waals surface area contributed by atoms with E-state index in [9.17, 15) is 19.1 Å². The van der Waals surface area contributed by atoms with Crippen molar-refractivity contribution in [3.05, 3.63) is 82.7 Å². The summed E-state index contributed by atoms with van der Waals surface area (Å²) in [7, 11) is 0. The standard InChI is InChI=1S/C32H35FN2O7/c1-3-19-13-23(33)14-20(4-2)30(19)34-28(37)17-35-16-25(22-7-10-26-27(15-22)42-18-41-26)29(32(38)39)31(35)21-5-8-24(9-6-21)40-12-11-36/h5-10,13-15,25,29,31,36H,3-4,11-12,16-18H2,1-2H3,(H,34,37)(H,38,39)/t25-,29?,31+/m1/s1. The first-order valence-corrected chi connectivity index (χ1v) is 14.1. The number of hydrogen-bond donors (Lipinski definition) is 3. The molecule has 0 radical (unpaired) electrons. The third kappa shape index (κ3) is 6.05. The molecule has 3 N–H and O–H groups in total. The average molecular weight is 579 g/mol. The molecule has 42 heavy (non-hydrogen) atoms. The largest absolute Gasteiger partial charge is 0.491 e. The maximum absolute atomic E-state index is 14.2. The third-order valence-electron chi connectivity index (χ3n) is 7.93. The molecule has 0 spiro atoms. The molecule has 5 rings (SSSR count). The van der Waals surface area contributed by atoms with Crippen LogP contribution in [-0.2, 0) is 22.4 Å². The van der Waals surface area contributed by atoms with Gasteiger partial charge in [-0.05, 0) is 71.5 Å². The van der Waals surface area contributed by atoms with E-state index in [0.717, 1.165) is 11.1 Å². The van der Waals surface area contributed by atoms with Crippen LogP contribution in [-0.4, -0.2) is 60.1 Å². The number of ether oxygens (including phenoxy) is 3. The lowest BCUT2D eigenvalue weighted by Gasteiger charge is -2.27. The van der Waals surface area contributed by atoms with Crippen molar-refractivity contribution < 1.29 is 38.4 Å². The highest BCUT2D eigenvalue weighted by molar-refractivity contribution is 5.94. The molecule has 2 aliphatic heterocycles. The summed E-state index contributed by atoms with van der Waals surface area (Å²) < 4.78 is 30.7. The summed E-state index contributed by atoms with van der Waals surface area (Å²) >= 11 is 0. The van der Waals surface area contributed by atoms with Crippen molar-refractivity contribution in [1.29, 1.82) is 0 Å². The van der Waals surface area contributed by atoms with Crippen molar-refractivity contribution in [2.45, 2.75) is 38.6 Å². The van der Waals surface area contributed by atoms with Gasteiger partial charge in [0.15, 0.2) is 11.5 Å². The number of aliphatic hydroxyl groups is 1. The quantitative estimate of drug-likeness (QED) is 0.304. The van der Waals surface area contributed by atoms with Gasteiger partial charge < -0.3 is 29.7 Å². The van der Waals surface area contributed by atoms with E-state index in [-0.39, 0.29) is 38.3 Å². The first-order chi connectivity index (χ1) is 20.3. The lowest BCUT2D eigenvalue weighted by atomic mass is 9.82. The lowest BCUT2D eigenvalue weighted by Crippen LogP contribution is -2.35. The Bertz CT molecular complexity index is 1420. The topological polar surface area (TPSA) is 118 Å². The van der Waals surface area contributed by atoms with E-state index < -0.39 is 23.8 Å². The molecule has 1 unspecified atom stereocenters. The summed E-state index contributed by atoms with van der Waals surface area (Å²) in [5.74, 6) is -1.24. The van der Waals surface area contributed by atoms with Crippen molar-refractivity contribution in [1.82, 2.24) is 4.90 Å². The number of amides is 1. The SMILES string of the molecule is CCc1cc(F)cc(CC)c1NC(=O)CN1C[C@H](c2ccc3c(c2)OCO3)C(C(=O)O)[C@@H]1c1ccc(OCCO)cc1. The van der Waals surface area contributed by atoms with Gasteiger partial charge in [0.1, 0.15) is 18.2 Å². The molecule has 3 aromatic carbocycles. The number of likely N-dealkylation sites (tertiary alicyclic amines) is 1. The third-order valence-corrected chi connectivity index (χ3v) is 7.93. The van der Waals surface area contributed by atoms with E-state index in [2.05, 4.69) is 5.32 Å². The molecule has 2 aliphatic rings. The van der Waals surface area contributed by atoms with Gasteiger partial charge in [-0.3, -0.25) is 14.5 Å². The van der Waals surface area contributed by atoms with Gasteiger partial charge in [0.25, 0.3) is 0 Å². The Morgan fingerprint density at radius 3 is 2.31 bits per heavy atom. The minimum Gasteiger partial charge on any atom is -0.491 e. The predicted octanol–water partition coefficient (Wildman–Crippen LogP) is 4.53. The van der Waals surface area contributed by atoms with Crippen LogP contribution in [0.4, 0.5) is 10.1 Å². The van der Waals surface area contributed by atoms with Gasteiger partial charge in [-0.15, -0.1) is 0 Å². The minimum absolute atomic E-state index is 0.0675. The summed E-state index contributed by atoms with van der Waals surface area (Å²) in [6, 6.07) is 14.7. The zero-order chi connectivity index (χ0) is 29.8. The maximum Gasteiger partial charge on any atom is 0.309 e. The molecule has 2 heterocycles. The number of carboxylic acids is 1. The molecule has 1 saturated heterocycles. The van der Waals surface area contributed by atoms with Gasteiger partial charge in [0, 0.05) is 24.2 Å². The minimum atomic E-state index is -0.980. The smallest absolute Gasteiger partial charge is 0.309 e. The molecule has 222 valence electrons. The van der Waals surface area contributed by atoms with Crippen LogP contribution in [0.25, 0.3) is 0 Å². The highest BCUT2D eigenvalue weighted by atomic mass is 19.1. The Hall–Kier alpha value is -4.15. The van der Waals surface area contributed by atoms with Crippen molar-refractivity contribution in [2.24, 2.45) is 5.92 Å². The Labute approximate surface area is 243 Å². The number of aliphatic carboxylic acids is 1. The normalized spacial score (nSPS) is 19.6. The Balaban J connectivity index is 1.48. The second-order valence-corrected chi connectivity index (χ2v) is 10.5. The van der Waals surface area contributed by atoms with Crippen molar-refractivity contribution in [3.8, 4) is 17.2 Å². The highest BCUT2D eigenvalue weighted by Gasteiger charge is 2.48. The number of halogens is 1. The van der Waals surface area contributed by atoms with Gasteiger partial charge in [-0.1, -0.05) is 32.0 Å². The number of aryl methyl sites for hydroxylation is 2. The number of carbonyl (C=O) groups excluding carboxylic acids is 1. The molecule has 3 aromatic rings. The fourth-order valence-electron chi connectivity index (χ4n) is 6.00. The zero-order valence-electron chi connectivity index (χ0n) is 23.6. The number of carboxylic acid groups (broad SMARTS) is 1. The zero-order valence-corrected chi connectivity index (χ0v) is 23.6. The molecule has 9 nitrogen and oxygen atoms in total. The maximum atomic E-state index is 14.2. The number of carbonyl (C=O) groups is 2. The molecular weight excluding hydrogens is 543 g/mol. The number of rotatable bonds is 11. The summed E-state index contributed by atoms with van der Waals surface area (Å²) in [6.45, 7) is 4.17. The van der Waals surface area contributed by atoms with Crippen LogP contribution < -0.4 is 19.5 Å². The fraction of sp³-hybridized carbons (Fsp3) is 0.375. The van der Waals surface area contributed by atoms with E-state index in [1.54, 1.807) is 30.3 Å².